The van der Waals surface area contributed by atoms with Gasteiger partial charge in [0.05, 0.1) is 16.4 Å². The number of para-hydroxylation sites is 1. The molecule has 2 heterocycles. The van der Waals surface area contributed by atoms with Gasteiger partial charge in [0.1, 0.15) is 5.75 Å². The molecule has 162 valence electrons. The van der Waals surface area contributed by atoms with Crippen molar-refractivity contribution in [1.29, 1.82) is 0 Å². The number of hydrogen-bond donors (Lipinski definition) is 1. The number of allylic oxidation sites excluding steroid dienone is 1. The zero-order valence-electron chi connectivity index (χ0n) is 18.0. The maximum absolute atomic E-state index is 12.1. The number of carbonyl (C=O) groups excluding carboxylic acids is 1. The van der Waals surface area contributed by atoms with E-state index in [0.29, 0.717) is 5.75 Å². The Morgan fingerprint density at radius 3 is 2.73 bits per heavy atom. The Kier molecular flexibility index (Phi) is 5.59. The van der Waals surface area contributed by atoms with Crippen LogP contribution in [0.5, 0.6) is 5.75 Å². The van der Waals surface area contributed by atoms with Crippen molar-refractivity contribution in [3.63, 3.8) is 0 Å². The first kappa shape index (κ1) is 20.8. The highest BCUT2D eigenvalue weighted by Gasteiger charge is 2.19. The highest BCUT2D eigenvalue weighted by atomic mass is 32.1. The Labute approximate surface area is 195 Å². The molecule has 5 aromatic rings. The number of hydrogen-bond acceptors (Lipinski definition) is 5. The van der Waals surface area contributed by atoms with E-state index in [4.69, 9.17) is 4.74 Å². The van der Waals surface area contributed by atoms with E-state index in [0.717, 1.165) is 55.2 Å². The number of benzene rings is 3. The van der Waals surface area contributed by atoms with Gasteiger partial charge in [-0.05, 0) is 70.6 Å². The second-order valence-electron chi connectivity index (χ2n) is 7.58. The van der Waals surface area contributed by atoms with Gasteiger partial charge in [0.25, 0.3) is 0 Å². The lowest BCUT2D eigenvalue weighted by molar-refractivity contribution is -0.128. The van der Waals surface area contributed by atoms with E-state index in [1.165, 1.54) is 17.6 Å². The second-order valence-corrected chi connectivity index (χ2v) is 8.41. The molecule has 5 rings (SSSR count). The first-order valence-corrected chi connectivity index (χ1v) is 11.4. The van der Waals surface area contributed by atoms with Crippen molar-refractivity contribution in [3.8, 4) is 5.75 Å². The molecule has 0 atom stereocenters. The van der Waals surface area contributed by atoms with Gasteiger partial charge < -0.3 is 4.74 Å². The standard InChI is InChI=1S/C27H21N3O2S/c1-3-21(17-10-12-25-20(13-17)16-29-33-25)27(18-9-11-23-19(14-18)15-28-30-23)22-7-5-6-8-24(22)32-26(31)4-2/h4-16H,2-3H2,1H3,(H,28,30)/b27-21+. The quantitative estimate of drug-likeness (QED) is 0.136. The summed E-state index contributed by atoms with van der Waals surface area (Å²) in [5.74, 6) is 0.00446. The number of aromatic amines is 1. The van der Waals surface area contributed by atoms with E-state index >= 15 is 0 Å². The van der Waals surface area contributed by atoms with Crippen molar-refractivity contribution in [1.82, 2.24) is 14.6 Å². The Hall–Kier alpha value is -4.03. The van der Waals surface area contributed by atoms with Gasteiger partial charge in [-0.2, -0.15) is 9.47 Å². The number of aromatic nitrogens is 3. The molecule has 0 aliphatic carbocycles. The summed E-state index contributed by atoms with van der Waals surface area (Å²) in [5.41, 5.74) is 6.09. The zero-order valence-corrected chi connectivity index (χ0v) is 18.9. The molecule has 6 heteroatoms. The Bertz CT molecular complexity index is 1530. The van der Waals surface area contributed by atoms with E-state index < -0.39 is 5.97 Å². The lowest BCUT2D eigenvalue weighted by atomic mass is 9.87. The Morgan fingerprint density at radius 2 is 1.88 bits per heavy atom. The molecule has 0 fully saturated rings. The number of esters is 1. The van der Waals surface area contributed by atoms with E-state index in [1.807, 2.05) is 42.7 Å². The normalized spacial score (nSPS) is 12.0. The summed E-state index contributed by atoms with van der Waals surface area (Å²) in [7, 11) is 0. The minimum Gasteiger partial charge on any atom is -0.423 e. The predicted octanol–water partition coefficient (Wildman–Crippen LogP) is 6.63. The number of carbonyl (C=O) groups is 1. The minimum atomic E-state index is -0.490. The highest BCUT2D eigenvalue weighted by Crippen LogP contribution is 2.40. The average molecular weight is 452 g/mol. The van der Waals surface area contributed by atoms with Gasteiger partial charge in [0.15, 0.2) is 0 Å². The lowest BCUT2D eigenvalue weighted by Gasteiger charge is -2.19. The van der Waals surface area contributed by atoms with Crippen LogP contribution in [0.1, 0.15) is 30.0 Å². The van der Waals surface area contributed by atoms with Gasteiger partial charge in [-0.1, -0.05) is 43.8 Å². The van der Waals surface area contributed by atoms with E-state index in [1.54, 1.807) is 0 Å². The van der Waals surface area contributed by atoms with Crippen molar-refractivity contribution < 1.29 is 9.53 Å². The SMILES string of the molecule is C=CC(=O)Oc1ccccc1/C(=C(\CC)c1ccc2sncc2c1)c1ccc2[nH]ncc2c1. The summed E-state index contributed by atoms with van der Waals surface area (Å²) in [5, 5.41) is 9.30. The largest absolute Gasteiger partial charge is 0.423 e. The van der Waals surface area contributed by atoms with Gasteiger partial charge in [-0.25, -0.2) is 4.79 Å². The van der Waals surface area contributed by atoms with Crippen LogP contribution in [-0.4, -0.2) is 20.5 Å². The summed E-state index contributed by atoms with van der Waals surface area (Å²) in [6.45, 7) is 5.68. The average Bonchev–Trinajstić information content (AvgIpc) is 3.51. The first-order valence-electron chi connectivity index (χ1n) is 10.6. The molecule has 0 aliphatic rings. The van der Waals surface area contributed by atoms with Crippen molar-refractivity contribution in [2.24, 2.45) is 0 Å². The van der Waals surface area contributed by atoms with Gasteiger partial charge in [-0.15, -0.1) is 0 Å². The summed E-state index contributed by atoms with van der Waals surface area (Å²) in [6, 6.07) is 20.2. The van der Waals surface area contributed by atoms with Gasteiger partial charge in [-0.3, -0.25) is 5.10 Å². The fourth-order valence-electron chi connectivity index (χ4n) is 4.09. The van der Waals surface area contributed by atoms with E-state index in [9.17, 15) is 4.79 Å². The Balaban J connectivity index is 1.80. The van der Waals surface area contributed by atoms with Gasteiger partial charge in [0, 0.05) is 28.6 Å². The summed E-state index contributed by atoms with van der Waals surface area (Å²) in [4.78, 5) is 12.1. The molecule has 0 radical (unpaired) electrons. The van der Waals surface area contributed by atoms with Crippen LogP contribution in [0.4, 0.5) is 0 Å². The molecular weight excluding hydrogens is 430 g/mol. The number of nitrogens with one attached hydrogen (secondary N) is 1. The number of fused-ring (bicyclic) bond motifs is 2. The Morgan fingerprint density at radius 1 is 1.06 bits per heavy atom. The molecule has 0 unspecified atom stereocenters. The van der Waals surface area contributed by atoms with Crippen molar-refractivity contribution in [3.05, 3.63) is 102 Å². The third kappa shape index (κ3) is 3.97. The fourth-order valence-corrected chi connectivity index (χ4v) is 4.71. The molecule has 3 aromatic carbocycles. The van der Waals surface area contributed by atoms with Crippen LogP contribution in [0.15, 0.2) is 85.7 Å². The summed E-state index contributed by atoms with van der Waals surface area (Å²) in [6.07, 6.45) is 5.67. The monoisotopic (exact) mass is 451 g/mol. The van der Waals surface area contributed by atoms with Crippen molar-refractivity contribution in [2.45, 2.75) is 13.3 Å². The molecule has 0 saturated carbocycles. The van der Waals surface area contributed by atoms with Gasteiger partial charge >= 0.3 is 5.97 Å². The third-order valence-electron chi connectivity index (χ3n) is 5.62. The molecule has 0 spiro atoms. The molecule has 0 saturated heterocycles. The smallest absolute Gasteiger partial charge is 0.335 e. The lowest BCUT2D eigenvalue weighted by Crippen LogP contribution is -2.06. The third-order valence-corrected chi connectivity index (χ3v) is 6.40. The number of rotatable bonds is 6. The van der Waals surface area contributed by atoms with Gasteiger partial charge in [0.2, 0.25) is 0 Å². The van der Waals surface area contributed by atoms with E-state index in [2.05, 4.69) is 58.4 Å². The van der Waals surface area contributed by atoms with E-state index in [-0.39, 0.29) is 0 Å². The number of ether oxygens (including phenoxy) is 1. The van der Waals surface area contributed by atoms with Crippen LogP contribution < -0.4 is 4.74 Å². The molecular formula is C27H21N3O2S. The molecule has 1 N–H and O–H groups in total. The van der Waals surface area contributed by atoms with Crippen LogP contribution >= 0.6 is 11.5 Å². The summed E-state index contributed by atoms with van der Waals surface area (Å²) >= 11 is 1.49. The zero-order chi connectivity index (χ0) is 22.8. The summed E-state index contributed by atoms with van der Waals surface area (Å²) < 4.78 is 11.1. The van der Waals surface area contributed by atoms with Crippen LogP contribution in [0.2, 0.25) is 0 Å². The van der Waals surface area contributed by atoms with Crippen LogP contribution in [0.25, 0.3) is 32.1 Å². The maximum Gasteiger partial charge on any atom is 0.335 e. The number of H-pyrrole nitrogens is 1. The molecule has 0 bridgehead atoms. The van der Waals surface area contributed by atoms with Crippen molar-refractivity contribution in [2.75, 3.05) is 0 Å². The van der Waals surface area contributed by atoms with Crippen LogP contribution in [0, 0.1) is 0 Å². The molecule has 2 aromatic heterocycles. The topological polar surface area (TPSA) is 67.9 Å². The second kappa shape index (κ2) is 8.84. The van der Waals surface area contributed by atoms with Crippen LogP contribution in [-0.2, 0) is 4.79 Å². The molecule has 0 amide bonds. The predicted molar refractivity (Wildman–Crippen MR) is 134 cm³/mol. The number of nitrogens with zero attached hydrogens (tertiary/aromatic N) is 2. The highest BCUT2D eigenvalue weighted by molar-refractivity contribution is 7.13. The maximum atomic E-state index is 12.1. The minimum absolute atomic E-state index is 0.490. The molecule has 33 heavy (non-hydrogen) atoms. The molecule has 0 aliphatic heterocycles. The van der Waals surface area contributed by atoms with Crippen LogP contribution in [0.3, 0.4) is 0 Å². The molecule has 5 nitrogen and oxygen atoms in total. The fraction of sp³-hybridized carbons (Fsp3) is 0.0741. The first-order chi connectivity index (χ1) is 16.2. The van der Waals surface area contributed by atoms with Crippen molar-refractivity contribution >= 4 is 49.6 Å².